The van der Waals surface area contributed by atoms with Crippen LogP contribution >= 0.6 is 27.3 Å². The maximum Gasteiger partial charge on any atom is 0.272 e. The van der Waals surface area contributed by atoms with E-state index in [-0.39, 0.29) is 16.7 Å². The van der Waals surface area contributed by atoms with Gasteiger partial charge in [-0.3, -0.25) is 10.1 Å². The van der Waals surface area contributed by atoms with Gasteiger partial charge in [0.1, 0.15) is 0 Å². The van der Waals surface area contributed by atoms with E-state index in [2.05, 4.69) is 27.3 Å². The molecule has 1 aromatic heterocycles. The Morgan fingerprint density at radius 1 is 1.45 bits per heavy atom. The fourth-order valence-corrected chi connectivity index (χ4v) is 3.31. The van der Waals surface area contributed by atoms with Crippen LogP contribution in [0.1, 0.15) is 29.0 Å². The van der Waals surface area contributed by atoms with E-state index >= 15 is 0 Å². The highest BCUT2D eigenvalue weighted by Crippen LogP contribution is 2.24. The standard InChI is InChI=1S/C14H15BrN2O2S/c1-9-3-4-11(5-14(9)17(18)19)10(2)16-7-13-6-12(15)8-20-13/h3-6,8,10,16H,7H2,1-2H3. The van der Waals surface area contributed by atoms with Crippen molar-refractivity contribution in [2.24, 2.45) is 0 Å². The zero-order valence-electron chi connectivity index (χ0n) is 11.2. The van der Waals surface area contributed by atoms with Gasteiger partial charge in [-0.15, -0.1) is 11.3 Å². The fourth-order valence-electron chi connectivity index (χ4n) is 1.91. The van der Waals surface area contributed by atoms with E-state index in [1.165, 1.54) is 4.88 Å². The van der Waals surface area contributed by atoms with Crippen LogP contribution in [0.2, 0.25) is 0 Å². The molecule has 20 heavy (non-hydrogen) atoms. The topological polar surface area (TPSA) is 55.2 Å². The first-order valence-electron chi connectivity index (χ1n) is 6.18. The number of nitro groups is 1. The molecule has 106 valence electrons. The van der Waals surface area contributed by atoms with Crippen LogP contribution in [-0.4, -0.2) is 4.92 Å². The molecule has 0 aliphatic carbocycles. The lowest BCUT2D eigenvalue weighted by Gasteiger charge is -2.14. The quantitative estimate of drug-likeness (QED) is 0.631. The summed E-state index contributed by atoms with van der Waals surface area (Å²) in [6.07, 6.45) is 0. The van der Waals surface area contributed by atoms with Gasteiger partial charge in [0, 0.05) is 38.9 Å². The number of rotatable bonds is 5. The summed E-state index contributed by atoms with van der Waals surface area (Å²) in [6, 6.07) is 7.52. The maximum absolute atomic E-state index is 11.0. The summed E-state index contributed by atoms with van der Waals surface area (Å²) in [7, 11) is 0. The van der Waals surface area contributed by atoms with Gasteiger partial charge in [-0.2, -0.15) is 0 Å². The predicted molar refractivity (Wildman–Crippen MR) is 85.1 cm³/mol. The lowest BCUT2D eigenvalue weighted by molar-refractivity contribution is -0.385. The molecule has 0 fully saturated rings. The van der Waals surface area contributed by atoms with Crippen molar-refractivity contribution >= 4 is 33.0 Å². The number of aryl methyl sites for hydroxylation is 1. The minimum atomic E-state index is -0.331. The molecule has 0 saturated heterocycles. The molecule has 0 aliphatic heterocycles. The van der Waals surface area contributed by atoms with Crippen molar-refractivity contribution in [1.82, 2.24) is 5.32 Å². The van der Waals surface area contributed by atoms with E-state index in [1.807, 2.05) is 18.4 Å². The first-order chi connectivity index (χ1) is 9.47. The average Bonchev–Trinajstić information content (AvgIpc) is 2.82. The molecule has 0 saturated carbocycles. The van der Waals surface area contributed by atoms with E-state index in [4.69, 9.17) is 0 Å². The van der Waals surface area contributed by atoms with Crippen LogP contribution in [0.5, 0.6) is 0 Å². The first-order valence-corrected chi connectivity index (χ1v) is 7.86. The molecular weight excluding hydrogens is 340 g/mol. The lowest BCUT2D eigenvalue weighted by atomic mass is 10.0. The molecule has 1 aromatic carbocycles. The van der Waals surface area contributed by atoms with E-state index in [0.717, 1.165) is 16.6 Å². The third-order valence-electron chi connectivity index (χ3n) is 3.13. The van der Waals surface area contributed by atoms with E-state index in [9.17, 15) is 10.1 Å². The fraction of sp³-hybridized carbons (Fsp3) is 0.286. The minimum Gasteiger partial charge on any atom is -0.305 e. The van der Waals surface area contributed by atoms with Crippen molar-refractivity contribution < 1.29 is 4.92 Å². The van der Waals surface area contributed by atoms with Gasteiger partial charge in [-0.1, -0.05) is 12.1 Å². The van der Waals surface area contributed by atoms with Crippen LogP contribution in [0.3, 0.4) is 0 Å². The molecule has 4 nitrogen and oxygen atoms in total. The summed E-state index contributed by atoms with van der Waals surface area (Å²) in [5.41, 5.74) is 1.79. The molecule has 1 heterocycles. The molecule has 1 unspecified atom stereocenters. The highest BCUT2D eigenvalue weighted by atomic mass is 79.9. The van der Waals surface area contributed by atoms with E-state index in [1.54, 1.807) is 30.4 Å². The van der Waals surface area contributed by atoms with Gasteiger partial charge in [0.25, 0.3) is 5.69 Å². The van der Waals surface area contributed by atoms with E-state index < -0.39 is 0 Å². The summed E-state index contributed by atoms with van der Waals surface area (Å²) < 4.78 is 1.08. The molecule has 0 spiro atoms. The zero-order valence-corrected chi connectivity index (χ0v) is 13.6. The molecule has 1 N–H and O–H groups in total. The Labute approximate surface area is 130 Å². The Morgan fingerprint density at radius 3 is 2.80 bits per heavy atom. The van der Waals surface area contributed by atoms with Crippen LogP contribution in [-0.2, 0) is 6.54 Å². The van der Waals surface area contributed by atoms with Crippen molar-refractivity contribution in [2.45, 2.75) is 26.4 Å². The number of halogens is 1. The predicted octanol–water partition coefficient (Wildman–Crippen LogP) is 4.58. The highest BCUT2D eigenvalue weighted by molar-refractivity contribution is 9.10. The van der Waals surface area contributed by atoms with Crippen LogP contribution in [0.15, 0.2) is 34.1 Å². The van der Waals surface area contributed by atoms with Crippen molar-refractivity contribution in [3.05, 3.63) is 60.2 Å². The summed E-state index contributed by atoms with van der Waals surface area (Å²) >= 11 is 5.10. The van der Waals surface area contributed by atoms with Crippen LogP contribution in [0.4, 0.5) is 5.69 Å². The average molecular weight is 355 g/mol. The van der Waals surface area contributed by atoms with Crippen molar-refractivity contribution in [2.75, 3.05) is 0 Å². The lowest BCUT2D eigenvalue weighted by Crippen LogP contribution is -2.17. The maximum atomic E-state index is 11.0. The Kier molecular flexibility index (Phi) is 4.91. The Morgan fingerprint density at radius 2 is 2.20 bits per heavy atom. The van der Waals surface area contributed by atoms with Crippen molar-refractivity contribution in [3.8, 4) is 0 Å². The van der Waals surface area contributed by atoms with Gasteiger partial charge in [0.05, 0.1) is 4.92 Å². The molecule has 2 aromatic rings. The second-order valence-corrected chi connectivity index (χ2v) is 6.55. The summed E-state index contributed by atoms with van der Waals surface area (Å²) in [6.45, 7) is 4.51. The van der Waals surface area contributed by atoms with Crippen molar-refractivity contribution in [1.29, 1.82) is 0 Å². The minimum absolute atomic E-state index is 0.0650. The Bertz CT molecular complexity index is 627. The van der Waals surface area contributed by atoms with Gasteiger partial charge in [-0.25, -0.2) is 0 Å². The number of hydrogen-bond donors (Lipinski definition) is 1. The molecular formula is C14H15BrN2O2S. The molecule has 0 aliphatic rings. The van der Waals surface area contributed by atoms with E-state index in [0.29, 0.717) is 5.56 Å². The summed E-state index contributed by atoms with van der Waals surface area (Å²) in [5.74, 6) is 0. The van der Waals surface area contributed by atoms with Gasteiger partial charge in [0.15, 0.2) is 0 Å². The SMILES string of the molecule is Cc1ccc(C(C)NCc2cc(Br)cs2)cc1[N+](=O)[O-]. The smallest absolute Gasteiger partial charge is 0.272 e. The van der Waals surface area contributed by atoms with Crippen LogP contribution < -0.4 is 5.32 Å². The second-order valence-electron chi connectivity index (χ2n) is 4.64. The van der Waals surface area contributed by atoms with Gasteiger partial charge >= 0.3 is 0 Å². The molecule has 1 atom stereocenters. The Hall–Kier alpha value is -1.24. The van der Waals surface area contributed by atoms with Crippen LogP contribution in [0.25, 0.3) is 0 Å². The largest absolute Gasteiger partial charge is 0.305 e. The zero-order chi connectivity index (χ0) is 14.7. The van der Waals surface area contributed by atoms with Gasteiger partial charge in [0.2, 0.25) is 0 Å². The third-order valence-corrected chi connectivity index (χ3v) is 4.83. The molecule has 0 bridgehead atoms. The monoisotopic (exact) mass is 354 g/mol. The number of nitro benzene ring substituents is 1. The third kappa shape index (κ3) is 3.65. The molecule has 0 radical (unpaired) electrons. The molecule has 6 heteroatoms. The number of thiophene rings is 1. The van der Waals surface area contributed by atoms with Gasteiger partial charge in [-0.05, 0) is 41.4 Å². The van der Waals surface area contributed by atoms with Gasteiger partial charge < -0.3 is 5.32 Å². The number of nitrogens with zero attached hydrogens (tertiary/aromatic N) is 1. The van der Waals surface area contributed by atoms with Crippen LogP contribution in [0, 0.1) is 17.0 Å². The highest BCUT2D eigenvalue weighted by Gasteiger charge is 2.14. The second kappa shape index (κ2) is 6.47. The summed E-state index contributed by atoms with van der Waals surface area (Å²) in [4.78, 5) is 11.9. The summed E-state index contributed by atoms with van der Waals surface area (Å²) in [5, 5.41) is 16.4. The number of hydrogen-bond acceptors (Lipinski definition) is 4. The number of benzene rings is 1. The Balaban J connectivity index is 2.07. The normalized spacial score (nSPS) is 12.3. The molecule has 2 rings (SSSR count). The van der Waals surface area contributed by atoms with Crippen molar-refractivity contribution in [3.63, 3.8) is 0 Å². The first kappa shape index (κ1) is 15.2. The molecule has 0 amide bonds. The number of nitrogens with one attached hydrogen (secondary N) is 1.